The molecule has 3 atom stereocenters. The molecule has 0 radical (unpaired) electrons. The van der Waals surface area contributed by atoms with Gasteiger partial charge in [-0.3, -0.25) is 0 Å². The molecular weight excluding hydrogens is 116 g/mol. The first-order valence-corrected chi connectivity index (χ1v) is 4.06. The Morgan fingerprint density at radius 3 is 2.25 bits per heavy atom. The van der Waals surface area contributed by atoms with Crippen molar-refractivity contribution < 1.29 is 0 Å². The molecule has 0 heterocycles. The largest absolute Gasteiger partial charge is 0.176 e. The van der Waals surface area contributed by atoms with Gasteiger partial charge in [-0.1, -0.05) is 6.42 Å². The van der Waals surface area contributed by atoms with Crippen LogP contribution in [0.1, 0.15) is 25.7 Å². The van der Waals surface area contributed by atoms with Crippen molar-refractivity contribution in [3.63, 3.8) is 0 Å². The van der Waals surface area contributed by atoms with Gasteiger partial charge in [-0.15, -0.1) is 0 Å². The maximum absolute atomic E-state index is 4.50. The van der Waals surface area contributed by atoms with Crippen LogP contribution in [0.2, 0.25) is 0 Å². The van der Waals surface area contributed by atoms with Crippen LogP contribution in [-0.4, -0.2) is 5.25 Å². The van der Waals surface area contributed by atoms with E-state index >= 15 is 0 Å². The summed E-state index contributed by atoms with van der Waals surface area (Å²) in [5.74, 6) is 2.07. The van der Waals surface area contributed by atoms with Crippen molar-refractivity contribution in [1.82, 2.24) is 0 Å². The van der Waals surface area contributed by atoms with Gasteiger partial charge in [-0.25, -0.2) is 0 Å². The normalized spacial score (nSPS) is 52.9. The molecule has 0 amide bonds. The highest BCUT2D eigenvalue weighted by Crippen LogP contribution is 2.46. The average Bonchev–Trinajstić information content (AvgIpc) is 2.23. The molecule has 2 fully saturated rings. The Balaban J connectivity index is 2.11. The fourth-order valence-electron chi connectivity index (χ4n) is 2.21. The van der Waals surface area contributed by atoms with E-state index in [0.29, 0.717) is 0 Å². The van der Waals surface area contributed by atoms with Crippen molar-refractivity contribution in [2.75, 3.05) is 0 Å². The molecule has 0 spiro atoms. The zero-order valence-electron chi connectivity index (χ0n) is 5.01. The van der Waals surface area contributed by atoms with Crippen LogP contribution < -0.4 is 0 Å². The lowest BCUT2D eigenvalue weighted by Crippen LogP contribution is -2.08. The zero-order chi connectivity index (χ0) is 5.56. The lowest BCUT2D eigenvalue weighted by atomic mass is 10.0. The topological polar surface area (TPSA) is 0 Å². The van der Waals surface area contributed by atoms with Crippen molar-refractivity contribution >= 4 is 12.6 Å². The molecule has 0 N–H and O–H groups in total. The minimum atomic E-state index is 0.772. The summed E-state index contributed by atoms with van der Waals surface area (Å²) < 4.78 is 0. The zero-order valence-corrected chi connectivity index (χ0v) is 5.90. The van der Waals surface area contributed by atoms with Crippen molar-refractivity contribution in [1.29, 1.82) is 0 Å². The van der Waals surface area contributed by atoms with E-state index in [4.69, 9.17) is 0 Å². The molecule has 2 aliphatic rings. The van der Waals surface area contributed by atoms with E-state index in [1.165, 1.54) is 25.7 Å². The third-order valence-corrected chi connectivity index (χ3v) is 3.33. The van der Waals surface area contributed by atoms with Crippen LogP contribution >= 0.6 is 12.6 Å². The predicted molar refractivity (Wildman–Crippen MR) is 38.2 cm³/mol. The summed E-state index contributed by atoms with van der Waals surface area (Å²) in [6.07, 6.45) is 5.88. The highest BCUT2D eigenvalue weighted by molar-refractivity contribution is 7.81. The third-order valence-electron chi connectivity index (χ3n) is 2.70. The van der Waals surface area contributed by atoms with E-state index in [1.807, 2.05) is 0 Å². The molecule has 1 heteroatoms. The van der Waals surface area contributed by atoms with Gasteiger partial charge >= 0.3 is 0 Å². The van der Waals surface area contributed by atoms with Gasteiger partial charge in [-0.05, 0) is 31.1 Å². The Morgan fingerprint density at radius 1 is 1.12 bits per heavy atom. The van der Waals surface area contributed by atoms with Crippen LogP contribution in [0.3, 0.4) is 0 Å². The van der Waals surface area contributed by atoms with E-state index < -0.39 is 0 Å². The minimum Gasteiger partial charge on any atom is -0.176 e. The summed E-state index contributed by atoms with van der Waals surface area (Å²) >= 11 is 4.50. The first-order valence-electron chi connectivity index (χ1n) is 3.54. The Kier molecular flexibility index (Phi) is 1.07. The first-order chi connectivity index (χ1) is 3.86. The monoisotopic (exact) mass is 128 g/mol. The quantitative estimate of drug-likeness (QED) is 0.475. The van der Waals surface area contributed by atoms with Gasteiger partial charge < -0.3 is 0 Å². The summed E-state index contributed by atoms with van der Waals surface area (Å²) in [5, 5.41) is 0.772. The third kappa shape index (κ3) is 0.604. The molecule has 0 aliphatic heterocycles. The Hall–Kier alpha value is 0.350. The Morgan fingerprint density at radius 2 is 2.00 bits per heavy atom. The summed E-state index contributed by atoms with van der Waals surface area (Å²) in [7, 11) is 0. The van der Waals surface area contributed by atoms with Crippen molar-refractivity contribution in [3.8, 4) is 0 Å². The molecule has 2 saturated carbocycles. The minimum absolute atomic E-state index is 0.772. The van der Waals surface area contributed by atoms with Crippen LogP contribution in [0.15, 0.2) is 0 Å². The number of fused-ring (bicyclic) bond motifs is 2. The van der Waals surface area contributed by atoms with E-state index in [1.54, 1.807) is 0 Å². The second kappa shape index (κ2) is 1.66. The number of hydrogen-bond donors (Lipinski definition) is 1. The predicted octanol–water partition coefficient (Wildman–Crippen LogP) is 2.10. The van der Waals surface area contributed by atoms with Crippen LogP contribution in [-0.2, 0) is 0 Å². The molecule has 0 aromatic rings. The molecule has 0 aromatic carbocycles. The van der Waals surface area contributed by atoms with Crippen molar-refractivity contribution in [2.45, 2.75) is 30.9 Å². The van der Waals surface area contributed by atoms with Gasteiger partial charge in [0, 0.05) is 5.25 Å². The summed E-state index contributed by atoms with van der Waals surface area (Å²) in [6, 6.07) is 0. The highest BCUT2D eigenvalue weighted by Gasteiger charge is 2.37. The van der Waals surface area contributed by atoms with Crippen molar-refractivity contribution in [3.05, 3.63) is 0 Å². The molecule has 0 aromatic heterocycles. The van der Waals surface area contributed by atoms with Gasteiger partial charge in [0.2, 0.25) is 0 Å². The van der Waals surface area contributed by atoms with Gasteiger partial charge in [-0.2, -0.15) is 12.6 Å². The van der Waals surface area contributed by atoms with E-state index in [-0.39, 0.29) is 0 Å². The number of hydrogen-bond acceptors (Lipinski definition) is 1. The maximum Gasteiger partial charge on any atom is 0.00478 e. The van der Waals surface area contributed by atoms with E-state index in [9.17, 15) is 0 Å². The number of rotatable bonds is 0. The molecule has 46 valence electrons. The van der Waals surface area contributed by atoms with Gasteiger partial charge in [0.1, 0.15) is 0 Å². The maximum atomic E-state index is 4.50. The van der Waals surface area contributed by atoms with Crippen molar-refractivity contribution in [2.24, 2.45) is 11.8 Å². The summed E-state index contributed by atoms with van der Waals surface area (Å²) in [4.78, 5) is 0. The highest BCUT2D eigenvalue weighted by atomic mass is 32.1. The van der Waals surface area contributed by atoms with Crippen LogP contribution in [0.4, 0.5) is 0 Å². The molecular formula is C7H12S. The molecule has 0 saturated heterocycles. The molecule has 2 bridgehead atoms. The van der Waals surface area contributed by atoms with Crippen LogP contribution in [0.25, 0.3) is 0 Å². The first kappa shape index (κ1) is 5.16. The van der Waals surface area contributed by atoms with Gasteiger partial charge in [0.05, 0.1) is 0 Å². The lowest BCUT2D eigenvalue weighted by molar-refractivity contribution is 0.494. The SMILES string of the molecule is SC1CC2CCC1C2. The fraction of sp³-hybridized carbons (Fsp3) is 1.00. The van der Waals surface area contributed by atoms with Crippen LogP contribution in [0, 0.1) is 11.8 Å². The Bertz CT molecular complexity index is 98.6. The lowest BCUT2D eigenvalue weighted by Gasteiger charge is -2.14. The molecule has 8 heavy (non-hydrogen) atoms. The second-order valence-electron chi connectivity index (χ2n) is 3.24. The number of thiol groups is 1. The Labute approximate surface area is 56.1 Å². The molecule has 2 rings (SSSR count). The summed E-state index contributed by atoms with van der Waals surface area (Å²) in [6.45, 7) is 0. The molecule has 2 aliphatic carbocycles. The van der Waals surface area contributed by atoms with E-state index in [0.717, 1.165) is 17.1 Å². The van der Waals surface area contributed by atoms with Gasteiger partial charge in [0.25, 0.3) is 0 Å². The standard InChI is InChI=1S/C7H12S/c8-7-4-5-1-2-6(7)3-5/h5-8H,1-4H2. The molecule has 0 nitrogen and oxygen atoms in total. The molecule has 3 unspecified atom stereocenters. The second-order valence-corrected chi connectivity index (χ2v) is 3.91. The average molecular weight is 128 g/mol. The van der Waals surface area contributed by atoms with E-state index in [2.05, 4.69) is 12.6 Å². The van der Waals surface area contributed by atoms with Crippen LogP contribution in [0.5, 0.6) is 0 Å². The van der Waals surface area contributed by atoms with Gasteiger partial charge in [0.15, 0.2) is 0 Å². The smallest absolute Gasteiger partial charge is 0.00478 e. The summed E-state index contributed by atoms with van der Waals surface area (Å²) in [5.41, 5.74) is 0. The fourth-order valence-corrected chi connectivity index (χ4v) is 2.78.